The monoisotopic (exact) mass is 651 g/mol. The lowest BCUT2D eigenvalue weighted by molar-refractivity contribution is 1.29. The van der Waals surface area contributed by atoms with E-state index in [1.54, 1.807) is 0 Å². The summed E-state index contributed by atoms with van der Waals surface area (Å²) in [6.07, 6.45) is 0.731. The van der Waals surface area contributed by atoms with Crippen molar-refractivity contribution in [3.05, 3.63) is 187 Å². The van der Waals surface area contributed by atoms with Crippen molar-refractivity contribution in [3.8, 4) is 11.1 Å². The molecule has 0 aliphatic heterocycles. The van der Waals surface area contributed by atoms with Gasteiger partial charge in [0.2, 0.25) is 0 Å². The predicted octanol–water partition coefficient (Wildman–Crippen LogP) is 12.4. The molecule has 2 heterocycles. The van der Waals surface area contributed by atoms with Crippen molar-refractivity contribution in [2.45, 2.75) is 13.3 Å². The van der Waals surface area contributed by atoms with E-state index in [0.717, 1.165) is 56.6 Å². The third-order valence-corrected chi connectivity index (χ3v) is 10.4. The predicted molar refractivity (Wildman–Crippen MR) is 216 cm³/mol. The van der Waals surface area contributed by atoms with Crippen LogP contribution in [0.25, 0.3) is 71.0 Å². The highest BCUT2D eigenvalue weighted by atomic mass is 15.0. The van der Waals surface area contributed by atoms with Crippen LogP contribution in [-0.4, -0.2) is 15.1 Å². The normalized spacial score (nSPS) is 12.2. The molecule has 10 rings (SSSR count). The number of aliphatic imine (C=N–C) groups is 1. The van der Waals surface area contributed by atoms with E-state index in [0.29, 0.717) is 0 Å². The number of hydrogen-bond acceptors (Lipinski definition) is 2. The first-order valence-electron chi connectivity index (χ1n) is 17.6. The molecule has 51 heavy (non-hydrogen) atoms. The number of imidazole rings is 1. The van der Waals surface area contributed by atoms with E-state index in [2.05, 4.69) is 181 Å². The van der Waals surface area contributed by atoms with Crippen molar-refractivity contribution in [2.75, 3.05) is 0 Å². The SMILES string of the molecule is Cc1c(/N=C(\Cc2ccccc2)c2ccc(-c3ccc4c5ccccc5n5c6ccccc6nc5c4c3)cc2)c2ccccc2c2ccccc12. The molecular weight excluding hydrogens is 619 g/mol. The second kappa shape index (κ2) is 11.8. The van der Waals surface area contributed by atoms with E-state index >= 15 is 0 Å². The first kappa shape index (κ1) is 29.3. The minimum Gasteiger partial charge on any atom is -0.292 e. The van der Waals surface area contributed by atoms with Gasteiger partial charge in [0, 0.05) is 22.6 Å². The van der Waals surface area contributed by atoms with E-state index in [-0.39, 0.29) is 0 Å². The Morgan fingerprint density at radius 2 is 1.10 bits per heavy atom. The number of para-hydroxylation sites is 3. The van der Waals surface area contributed by atoms with Crippen LogP contribution < -0.4 is 0 Å². The average Bonchev–Trinajstić information content (AvgIpc) is 3.60. The Kier molecular flexibility index (Phi) is 6.78. The largest absolute Gasteiger partial charge is 0.292 e. The van der Waals surface area contributed by atoms with Crippen molar-refractivity contribution in [1.82, 2.24) is 9.38 Å². The number of fused-ring (bicyclic) bond motifs is 11. The molecule has 0 aliphatic rings. The lowest BCUT2D eigenvalue weighted by Gasteiger charge is -2.15. The van der Waals surface area contributed by atoms with E-state index < -0.39 is 0 Å². The fourth-order valence-electron chi connectivity index (χ4n) is 7.92. The molecule has 0 aliphatic carbocycles. The molecule has 0 atom stereocenters. The topological polar surface area (TPSA) is 29.7 Å². The molecule has 0 radical (unpaired) electrons. The zero-order chi connectivity index (χ0) is 33.9. The maximum absolute atomic E-state index is 5.53. The minimum absolute atomic E-state index is 0.731. The molecule has 2 aromatic heterocycles. The summed E-state index contributed by atoms with van der Waals surface area (Å²) in [6, 6.07) is 60.8. The first-order valence-corrected chi connectivity index (χ1v) is 17.6. The zero-order valence-electron chi connectivity index (χ0n) is 28.2. The average molecular weight is 652 g/mol. The number of hydrogen-bond donors (Lipinski definition) is 0. The van der Waals surface area contributed by atoms with Gasteiger partial charge >= 0.3 is 0 Å². The molecule has 0 fully saturated rings. The number of aromatic nitrogens is 2. The molecule has 0 saturated carbocycles. The summed E-state index contributed by atoms with van der Waals surface area (Å²) in [5.41, 5.74) is 12.3. The van der Waals surface area contributed by atoms with Crippen molar-refractivity contribution in [3.63, 3.8) is 0 Å². The van der Waals surface area contributed by atoms with Gasteiger partial charge in [-0.2, -0.15) is 0 Å². The summed E-state index contributed by atoms with van der Waals surface area (Å²) in [5, 5.41) is 8.51. The number of rotatable bonds is 5. The Morgan fingerprint density at radius 3 is 1.88 bits per heavy atom. The summed E-state index contributed by atoms with van der Waals surface area (Å²) < 4.78 is 2.31. The minimum atomic E-state index is 0.731. The maximum Gasteiger partial charge on any atom is 0.146 e. The fourth-order valence-corrected chi connectivity index (χ4v) is 7.92. The van der Waals surface area contributed by atoms with Gasteiger partial charge in [0.25, 0.3) is 0 Å². The van der Waals surface area contributed by atoms with Crippen LogP contribution in [0.5, 0.6) is 0 Å². The second-order valence-electron chi connectivity index (χ2n) is 13.4. The van der Waals surface area contributed by atoms with E-state index in [1.807, 2.05) is 0 Å². The molecule has 0 amide bonds. The molecule has 3 nitrogen and oxygen atoms in total. The van der Waals surface area contributed by atoms with Gasteiger partial charge in [-0.15, -0.1) is 0 Å². The van der Waals surface area contributed by atoms with Crippen molar-refractivity contribution in [1.29, 1.82) is 0 Å². The third kappa shape index (κ3) is 4.81. The van der Waals surface area contributed by atoms with Gasteiger partial charge in [0.05, 0.1) is 27.9 Å². The Hall–Kier alpha value is -6.58. The number of aryl methyl sites for hydroxylation is 1. The molecule has 0 bridgehead atoms. The quantitative estimate of drug-likeness (QED) is 0.134. The lowest BCUT2D eigenvalue weighted by atomic mass is 9.94. The molecule has 0 N–H and O–H groups in total. The van der Waals surface area contributed by atoms with E-state index in [4.69, 9.17) is 9.98 Å². The molecular formula is C48H33N3. The Balaban J connectivity index is 1.13. The maximum atomic E-state index is 5.53. The Labute approximate surface area is 295 Å². The van der Waals surface area contributed by atoms with Crippen molar-refractivity contribution >= 4 is 71.3 Å². The van der Waals surface area contributed by atoms with Crippen molar-refractivity contribution < 1.29 is 0 Å². The number of nitrogens with zero attached hydrogens (tertiary/aromatic N) is 3. The van der Waals surface area contributed by atoms with Crippen LogP contribution in [-0.2, 0) is 6.42 Å². The molecule has 10 aromatic rings. The fraction of sp³-hybridized carbons (Fsp3) is 0.0417. The van der Waals surface area contributed by atoms with Crippen LogP contribution in [0.3, 0.4) is 0 Å². The number of benzene rings is 8. The molecule has 0 unspecified atom stereocenters. The van der Waals surface area contributed by atoms with Gasteiger partial charge in [0.1, 0.15) is 5.65 Å². The molecule has 3 heteroatoms. The van der Waals surface area contributed by atoms with Gasteiger partial charge in [-0.05, 0) is 80.6 Å². The Bertz CT molecular complexity index is 2990. The summed E-state index contributed by atoms with van der Waals surface area (Å²) >= 11 is 0. The molecule has 240 valence electrons. The van der Waals surface area contributed by atoms with E-state index in [1.165, 1.54) is 49.0 Å². The highest BCUT2D eigenvalue weighted by Gasteiger charge is 2.16. The molecule has 0 spiro atoms. The highest BCUT2D eigenvalue weighted by molar-refractivity contribution is 6.17. The number of pyridine rings is 1. The van der Waals surface area contributed by atoms with Crippen LogP contribution in [0.2, 0.25) is 0 Å². The van der Waals surface area contributed by atoms with Crippen LogP contribution in [0.15, 0.2) is 175 Å². The van der Waals surface area contributed by atoms with Gasteiger partial charge < -0.3 is 0 Å². The van der Waals surface area contributed by atoms with Gasteiger partial charge in [-0.1, -0.05) is 146 Å². The van der Waals surface area contributed by atoms with Crippen LogP contribution in [0, 0.1) is 6.92 Å². The van der Waals surface area contributed by atoms with Crippen LogP contribution >= 0.6 is 0 Å². The standard InChI is InChI=1S/C48H33N3/c1-31-36-15-5-6-16-37(36)38-17-7-8-19-41(38)47(31)49-44(29-32-13-3-2-4-14-32)34-25-23-33(24-26-34)35-27-28-39-40-18-9-11-21-45(40)51-46-22-12-10-20-43(46)50-48(51)42(39)30-35/h2-28,30H,29H2,1H3/b49-44+. The zero-order valence-corrected chi connectivity index (χ0v) is 28.2. The van der Waals surface area contributed by atoms with Gasteiger partial charge in [-0.25, -0.2) is 4.98 Å². The molecule has 0 saturated heterocycles. The van der Waals surface area contributed by atoms with Crippen LogP contribution in [0.1, 0.15) is 16.7 Å². The third-order valence-electron chi connectivity index (χ3n) is 10.4. The van der Waals surface area contributed by atoms with Gasteiger partial charge in [0.15, 0.2) is 0 Å². The first-order chi connectivity index (χ1) is 25.2. The summed E-state index contributed by atoms with van der Waals surface area (Å²) in [4.78, 5) is 10.7. The summed E-state index contributed by atoms with van der Waals surface area (Å²) in [6.45, 7) is 2.21. The summed E-state index contributed by atoms with van der Waals surface area (Å²) in [5.74, 6) is 0. The highest BCUT2D eigenvalue weighted by Crippen LogP contribution is 2.39. The van der Waals surface area contributed by atoms with E-state index in [9.17, 15) is 0 Å². The van der Waals surface area contributed by atoms with Crippen molar-refractivity contribution in [2.24, 2.45) is 4.99 Å². The van der Waals surface area contributed by atoms with Crippen LogP contribution in [0.4, 0.5) is 5.69 Å². The second-order valence-corrected chi connectivity index (χ2v) is 13.4. The Morgan fingerprint density at radius 1 is 0.510 bits per heavy atom. The molecule has 8 aromatic carbocycles. The smallest absolute Gasteiger partial charge is 0.146 e. The van der Waals surface area contributed by atoms with Gasteiger partial charge in [-0.3, -0.25) is 9.39 Å². The lowest BCUT2D eigenvalue weighted by Crippen LogP contribution is -2.05. The summed E-state index contributed by atoms with van der Waals surface area (Å²) in [7, 11) is 0.